The fourth-order valence-electron chi connectivity index (χ4n) is 2.99. The number of amides is 1. The molecular weight excluding hydrogens is 434 g/mol. The van der Waals surface area contributed by atoms with Gasteiger partial charge in [-0.1, -0.05) is 31.1 Å². The Hall–Kier alpha value is -3.53. The molecule has 0 saturated carbocycles. The third-order valence-corrected chi connectivity index (χ3v) is 5.75. The maximum atomic E-state index is 12.7. The number of hydrogen-bond donors (Lipinski definition) is 0. The molecule has 168 valence electrons. The summed E-state index contributed by atoms with van der Waals surface area (Å²) < 4.78 is 12.4. The molecule has 0 radical (unpaired) electrons. The number of fused-ring (bicyclic) bond motifs is 1. The highest BCUT2D eigenvalue weighted by atomic mass is 32.1. The Morgan fingerprint density at radius 3 is 2.56 bits per heavy atom. The van der Waals surface area contributed by atoms with Gasteiger partial charge in [0, 0.05) is 17.7 Å². The van der Waals surface area contributed by atoms with Crippen molar-refractivity contribution in [2.75, 3.05) is 13.7 Å². The number of nitrogens with zero attached hydrogens (tertiary/aromatic N) is 3. The molecule has 1 amide bonds. The van der Waals surface area contributed by atoms with Crippen LogP contribution in [0.4, 0.5) is 5.69 Å². The van der Waals surface area contributed by atoms with Crippen LogP contribution in [0.2, 0.25) is 0 Å². The first kappa shape index (κ1) is 23.1. The van der Waals surface area contributed by atoms with E-state index < -0.39 is 16.8 Å². The van der Waals surface area contributed by atoms with Crippen LogP contribution in [0.5, 0.6) is 5.75 Å². The van der Waals surface area contributed by atoms with E-state index in [-0.39, 0.29) is 17.0 Å². The number of thiazole rings is 1. The average Bonchev–Trinajstić information content (AvgIpc) is 3.12. The number of hydrogen-bond acceptors (Lipinski definition) is 7. The molecule has 0 aliphatic heterocycles. The van der Waals surface area contributed by atoms with E-state index in [9.17, 15) is 19.7 Å². The summed E-state index contributed by atoms with van der Waals surface area (Å²) in [6, 6.07) is 10.9. The predicted molar refractivity (Wildman–Crippen MR) is 120 cm³/mol. The number of aromatic nitrogens is 1. The number of carbonyl (C=O) groups is 2. The monoisotopic (exact) mass is 457 g/mol. The third kappa shape index (κ3) is 5.58. The van der Waals surface area contributed by atoms with E-state index in [1.807, 2.05) is 0 Å². The molecule has 0 atom stereocenters. The van der Waals surface area contributed by atoms with Crippen molar-refractivity contribution in [3.05, 3.63) is 62.9 Å². The lowest BCUT2D eigenvalue weighted by atomic mass is 10.2. The first-order valence-electron chi connectivity index (χ1n) is 10.1. The zero-order chi connectivity index (χ0) is 23.1. The Morgan fingerprint density at radius 1 is 1.16 bits per heavy atom. The number of non-ortho nitro benzene ring substituents is 1. The number of benzene rings is 2. The predicted octanol–water partition coefficient (Wildman–Crippen LogP) is 4.09. The van der Waals surface area contributed by atoms with E-state index in [1.165, 1.54) is 29.9 Å². The number of methoxy groups -OCH3 is 1. The average molecular weight is 458 g/mol. The van der Waals surface area contributed by atoms with Crippen LogP contribution in [0.1, 0.15) is 36.5 Å². The molecule has 3 rings (SSSR count). The van der Waals surface area contributed by atoms with E-state index in [0.717, 1.165) is 30.6 Å². The lowest BCUT2D eigenvalue weighted by molar-refractivity contribution is -0.384. The Labute approximate surface area is 188 Å². The number of nitro benzene ring substituents is 1. The molecule has 3 aromatic rings. The molecule has 0 spiro atoms. The van der Waals surface area contributed by atoms with Crippen molar-refractivity contribution in [2.45, 2.75) is 32.7 Å². The summed E-state index contributed by atoms with van der Waals surface area (Å²) in [4.78, 5) is 39.6. The molecule has 0 unspecified atom stereocenters. The molecule has 0 aliphatic carbocycles. The normalized spacial score (nSPS) is 11.5. The van der Waals surface area contributed by atoms with Crippen molar-refractivity contribution in [3.8, 4) is 5.75 Å². The second-order valence-corrected chi connectivity index (χ2v) is 7.96. The smallest absolute Gasteiger partial charge is 0.325 e. The van der Waals surface area contributed by atoms with Gasteiger partial charge < -0.3 is 14.0 Å². The third-order valence-electron chi connectivity index (χ3n) is 4.71. The van der Waals surface area contributed by atoms with Crippen LogP contribution in [0.3, 0.4) is 0 Å². The maximum absolute atomic E-state index is 12.7. The zero-order valence-electron chi connectivity index (χ0n) is 17.8. The highest BCUT2D eigenvalue weighted by molar-refractivity contribution is 7.16. The van der Waals surface area contributed by atoms with Crippen LogP contribution in [0, 0.1) is 10.1 Å². The molecule has 2 aromatic carbocycles. The van der Waals surface area contributed by atoms with Gasteiger partial charge in [-0.15, -0.1) is 0 Å². The highest BCUT2D eigenvalue weighted by Gasteiger charge is 2.15. The summed E-state index contributed by atoms with van der Waals surface area (Å²) in [5, 5.41) is 11.1. The van der Waals surface area contributed by atoms with Gasteiger partial charge in [0.2, 0.25) is 0 Å². The molecule has 1 aromatic heterocycles. The number of ether oxygens (including phenoxy) is 2. The molecule has 0 saturated heterocycles. The second-order valence-electron chi connectivity index (χ2n) is 6.95. The maximum Gasteiger partial charge on any atom is 0.325 e. The standard InChI is InChI=1S/C22H23N3O6S/c1-3-4-5-12-31-17-9-6-15(7-10-17)21(27)23-22-24(14-20(26)30-2)18-11-8-16(25(28)29)13-19(18)32-22/h6-11,13H,3-5,12,14H2,1-2H3. The SMILES string of the molecule is CCCCCOc1ccc(C(=O)N=c2sc3cc([N+](=O)[O-])ccc3n2CC(=O)OC)cc1. The number of nitro groups is 1. The number of carbonyl (C=O) groups excluding carboxylic acids is 2. The molecule has 0 fully saturated rings. The first-order chi connectivity index (χ1) is 15.4. The molecule has 0 aliphatic rings. The van der Waals surface area contributed by atoms with Gasteiger partial charge in [0.15, 0.2) is 4.80 Å². The van der Waals surface area contributed by atoms with E-state index in [1.54, 1.807) is 24.3 Å². The topological polar surface area (TPSA) is 113 Å². The quantitative estimate of drug-likeness (QED) is 0.207. The Balaban J connectivity index is 1.91. The van der Waals surface area contributed by atoms with Crippen LogP contribution in [0.25, 0.3) is 10.2 Å². The fourth-order valence-corrected chi connectivity index (χ4v) is 4.06. The summed E-state index contributed by atoms with van der Waals surface area (Å²) in [5.74, 6) is -0.351. The minimum absolute atomic E-state index is 0.0867. The Morgan fingerprint density at radius 2 is 1.91 bits per heavy atom. The van der Waals surface area contributed by atoms with Crippen molar-refractivity contribution in [2.24, 2.45) is 4.99 Å². The second kappa shape index (κ2) is 10.7. The molecular formula is C22H23N3O6S. The van der Waals surface area contributed by atoms with Crippen LogP contribution in [-0.4, -0.2) is 35.1 Å². The van der Waals surface area contributed by atoms with Gasteiger partial charge in [-0.25, -0.2) is 0 Å². The summed E-state index contributed by atoms with van der Waals surface area (Å²) >= 11 is 1.09. The van der Waals surface area contributed by atoms with E-state index in [2.05, 4.69) is 11.9 Å². The molecule has 32 heavy (non-hydrogen) atoms. The van der Waals surface area contributed by atoms with Crippen molar-refractivity contribution in [3.63, 3.8) is 0 Å². The summed E-state index contributed by atoms with van der Waals surface area (Å²) in [5.41, 5.74) is 0.823. The van der Waals surface area contributed by atoms with Gasteiger partial charge in [0.1, 0.15) is 12.3 Å². The molecule has 0 bridgehead atoms. The van der Waals surface area contributed by atoms with Gasteiger partial charge in [0.05, 0.1) is 28.9 Å². The van der Waals surface area contributed by atoms with Gasteiger partial charge in [-0.3, -0.25) is 19.7 Å². The van der Waals surface area contributed by atoms with Gasteiger partial charge in [-0.2, -0.15) is 4.99 Å². The van der Waals surface area contributed by atoms with E-state index >= 15 is 0 Å². The molecule has 0 N–H and O–H groups in total. The minimum Gasteiger partial charge on any atom is -0.494 e. The molecule has 9 nitrogen and oxygen atoms in total. The number of unbranched alkanes of at least 4 members (excludes halogenated alkanes) is 2. The minimum atomic E-state index is -0.526. The van der Waals surface area contributed by atoms with Gasteiger partial charge in [0.25, 0.3) is 11.6 Å². The van der Waals surface area contributed by atoms with Crippen molar-refractivity contribution in [1.29, 1.82) is 0 Å². The van der Waals surface area contributed by atoms with Crippen LogP contribution in [0.15, 0.2) is 47.5 Å². The van der Waals surface area contributed by atoms with Crippen LogP contribution < -0.4 is 9.54 Å². The summed E-state index contributed by atoms with van der Waals surface area (Å²) in [6.07, 6.45) is 3.18. The van der Waals surface area contributed by atoms with E-state index in [4.69, 9.17) is 9.47 Å². The number of esters is 1. The highest BCUT2D eigenvalue weighted by Crippen LogP contribution is 2.23. The van der Waals surface area contributed by atoms with Gasteiger partial charge >= 0.3 is 5.97 Å². The van der Waals surface area contributed by atoms with Crippen LogP contribution >= 0.6 is 11.3 Å². The van der Waals surface area contributed by atoms with Crippen LogP contribution in [-0.2, 0) is 16.1 Å². The molecule has 1 heterocycles. The first-order valence-corrected chi connectivity index (χ1v) is 10.9. The Kier molecular flexibility index (Phi) is 7.72. The Bertz CT molecular complexity index is 1200. The van der Waals surface area contributed by atoms with Gasteiger partial charge in [-0.05, 0) is 36.8 Å². The molecule has 10 heteroatoms. The summed E-state index contributed by atoms with van der Waals surface area (Å²) in [7, 11) is 1.26. The largest absolute Gasteiger partial charge is 0.494 e. The van der Waals surface area contributed by atoms with E-state index in [0.29, 0.717) is 28.1 Å². The fraction of sp³-hybridized carbons (Fsp3) is 0.318. The summed E-state index contributed by atoms with van der Waals surface area (Å²) in [6.45, 7) is 2.56. The zero-order valence-corrected chi connectivity index (χ0v) is 18.6. The van der Waals surface area contributed by atoms with Crippen molar-refractivity contribution in [1.82, 2.24) is 4.57 Å². The number of rotatable bonds is 9. The van der Waals surface area contributed by atoms with Crippen molar-refractivity contribution >= 4 is 39.1 Å². The van der Waals surface area contributed by atoms with Crippen molar-refractivity contribution < 1.29 is 24.0 Å². The lowest BCUT2D eigenvalue weighted by Gasteiger charge is -2.06. The lowest BCUT2D eigenvalue weighted by Crippen LogP contribution is -2.22.